The Labute approximate surface area is 172 Å². The van der Waals surface area contributed by atoms with Crippen LogP contribution in [-0.2, 0) is 11.0 Å². The van der Waals surface area contributed by atoms with Crippen LogP contribution in [0, 0.1) is 5.82 Å². The van der Waals surface area contributed by atoms with E-state index in [2.05, 4.69) is 24.7 Å². The van der Waals surface area contributed by atoms with Gasteiger partial charge in [0.15, 0.2) is 11.4 Å². The molecule has 0 saturated heterocycles. The Kier molecular flexibility index (Phi) is 4.56. The van der Waals surface area contributed by atoms with Crippen LogP contribution in [0.4, 0.5) is 10.1 Å². The Hall–Kier alpha value is -3.85. The number of aromatic nitrogens is 4. The van der Waals surface area contributed by atoms with E-state index in [-0.39, 0.29) is 5.82 Å². The van der Waals surface area contributed by atoms with Crippen molar-refractivity contribution in [2.75, 3.05) is 4.72 Å². The quantitative estimate of drug-likeness (QED) is 0.436. The van der Waals surface area contributed by atoms with Crippen LogP contribution in [0.2, 0.25) is 0 Å². The fourth-order valence-corrected chi connectivity index (χ4v) is 3.79. The molecule has 30 heavy (non-hydrogen) atoms. The van der Waals surface area contributed by atoms with E-state index in [0.29, 0.717) is 33.4 Å². The van der Waals surface area contributed by atoms with Gasteiger partial charge in [0.25, 0.3) is 5.89 Å². The van der Waals surface area contributed by atoms with Crippen molar-refractivity contribution in [1.82, 2.24) is 19.9 Å². The zero-order valence-electron chi connectivity index (χ0n) is 15.4. The van der Waals surface area contributed by atoms with Crippen LogP contribution in [0.5, 0.6) is 0 Å². The molecule has 0 radical (unpaired) electrons. The maximum Gasteiger partial charge on any atom is 0.264 e. The molecule has 3 aromatic heterocycles. The fraction of sp³-hybridized carbons (Fsp3) is 0. The summed E-state index contributed by atoms with van der Waals surface area (Å²) in [6.45, 7) is 0. The average molecular weight is 419 g/mol. The van der Waals surface area contributed by atoms with Crippen molar-refractivity contribution >= 4 is 27.8 Å². The van der Waals surface area contributed by atoms with Gasteiger partial charge in [-0.3, -0.25) is 9.71 Å². The van der Waals surface area contributed by atoms with Crippen molar-refractivity contribution < 1.29 is 13.0 Å². The van der Waals surface area contributed by atoms with Crippen molar-refractivity contribution in [3.05, 3.63) is 79.1 Å². The van der Waals surface area contributed by atoms with Gasteiger partial charge in [-0.15, -0.1) is 0 Å². The normalized spacial score (nSPS) is 12.2. The highest BCUT2D eigenvalue weighted by Gasteiger charge is 2.12. The van der Waals surface area contributed by atoms with E-state index < -0.39 is 11.0 Å². The maximum atomic E-state index is 13.1. The third kappa shape index (κ3) is 3.58. The van der Waals surface area contributed by atoms with Gasteiger partial charge in [-0.2, -0.15) is 0 Å². The molecule has 1 atom stereocenters. The number of benzene rings is 2. The summed E-state index contributed by atoms with van der Waals surface area (Å²) in [5.41, 5.74) is 3.59. The number of nitrogens with zero attached hydrogens (tertiary/aromatic N) is 3. The number of imidazole rings is 1. The van der Waals surface area contributed by atoms with Gasteiger partial charge in [-0.05, 0) is 48.0 Å². The monoisotopic (exact) mass is 419 g/mol. The number of anilines is 1. The van der Waals surface area contributed by atoms with E-state index >= 15 is 0 Å². The molecule has 0 bridgehead atoms. The molecular weight excluding hydrogens is 405 g/mol. The predicted octanol–water partition coefficient (Wildman–Crippen LogP) is 4.55. The van der Waals surface area contributed by atoms with E-state index in [4.69, 9.17) is 4.42 Å². The van der Waals surface area contributed by atoms with Crippen molar-refractivity contribution in [2.24, 2.45) is 0 Å². The van der Waals surface area contributed by atoms with Crippen molar-refractivity contribution in [3.8, 4) is 22.8 Å². The molecule has 9 heteroatoms. The molecular formula is C21H14FN5O2S. The first-order valence-electron chi connectivity index (χ1n) is 8.95. The highest BCUT2D eigenvalue weighted by molar-refractivity contribution is 7.86. The van der Waals surface area contributed by atoms with Crippen LogP contribution in [0.15, 0.2) is 82.6 Å². The fourth-order valence-electron chi connectivity index (χ4n) is 2.97. The van der Waals surface area contributed by atoms with Gasteiger partial charge in [-0.1, -0.05) is 6.07 Å². The largest absolute Gasteiger partial charge is 0.434 e. The zero-order chi connectivity index (χ0) is 20.5. The summed E-state index contributed by atoms with van der Waals surface area (Å²) in [6.07, 6.45) is 6.62. The van der Waals surface area contributed by atoms with E-state index in [1.165, 1.54) is 24.3 Å². The molecule has 7 nitrogen and oxygen atoms in total. The Bertz CT molecular complexity index is 1350. The SMILES string of the molecule is O=S(Nc1cncc(-c2ccc3nc(-c4ncc[nH]4)oc3c2)c1)c1ccc(F)cc1. The predicted molar refractivity (Wildman–Crippen MR) is 111 cm³/mol. The number of halogens is 1. The van der Waals surface area contributed by atoms with E-state index in [1.807, 2.05) is 24.3 Å². The second-order valence-electron chi connectivity index (χ2n) is 6.43. The molecule has 0 amide bonds. The molecule has 2 aromatic carbocycles. The van der Waals surface area contributed by atoms with E-state index in [9.17, 15) is 8.60 Å². The standard InChI is InChI=1S/C21H14FN5O2S/c22-15-2-4-17(5-3-15)30(28)27-16-9-14(11-23-12-16)13-1-6-18-19(10-13)29-21(26-18)20-24-7-8-25-20/h1-12,27H,(H,24,25). The van der Waals surface area contributed by atoms with Gasteiger partial charge in [0.1, 0.15) is 22.3 Å². The smallest absolute Gasteiger partial charge is 0.264 e. The lowest BCUT2D eigenvalue weighted by molar-refractivity contribution is 0.614. The van der Waals surface area contributed by atoms with E-state index in [0.717, 1.165) is 11.1 Å². The molecule has 148 valence electrons. The highest BCUT2D eigenvalue weighted by atomic mass is 32.2. The first-order chi connectivity index (χ1) is 14.7. The number of oxazole rings is 1. The summed E-state index contributed by atoms with van der Waals surface area (Å²) in [4.78, 5) is 16.2. The van der Waals surface area contributed by atoms with E-state index in [1.54, 1.807) is 24.8 Å². The minimum absolute atomic E-state index is 0.377. The van der Waals surface area contributed by atoms with Gasteiger partial charge in [0.05, 0.1) is 16.8 Å². The van der Waals surface area contributed by atoms with Crippen molar-refractivity contribution in [2.45, 2.75) is 4.90 Å². The topological polar surface area (TPSA) is 96.7 Å². The summed E-state index contributed by atoms with van der Waals surface area (Å²) < 4.78 is 34.2. The number of hydrogen-bond acceptors (Lipinski definition) is 5. The zero-order valence-corrected chi connectivity index (χ0v) is 16.2. The van der Waals surface area contributed by atoms with Crippen LogP contribution < -0.4 is 4.72 Å². The van der Waals surface area contributed by atoms with Crippen LogP contribution in [0.1, 0.15) is 0 Å². The Morgan fingerprint density at radius 3 is 2.70 bits per heavy atom. The summed E-state index contributed by atoms with van der Waals surface area (Å²) in [5.74, 6) is 0.594. The average Bonchev–Trinajstić information content (AvgIpc) is 3.43. The first-order valence-corrected chi connectivity index (χ1v) is 10.1. The summed E-state index contributed by atoms with van der Waals surface area (Å²) in [5, 5.41) is 0. The van der Waals surface area contributed by atoms with Gasteiger partial charge in [0.2, 0.25) is 0 Å². The van der Waals surface area contributed by atoms with Crippen LogP contribution in [0.3, 0.4) is 0 Å². The van der Waals surface area contributed by atoms with Gasteiger partial charge in [0, 0.05) is 24.2 Å². The Morgan fingerprint density at radius 2 is 1.90 bits per heavy atom. The van der Waals surface area contributed by atoms with Crippen molar-refractivity contribution in [1.29, 1.82) is 0 Å². The molecule has 0 spiro atoms. The number of H-pyrrole nitrogens is 1. The van der Waals surface area contributed by atoms with Gasteiger partial charge < -0.3 is 9.40 Å². The van der Waals surface area contributed by atoms with Gasteiger partial charge >= 0.3 is 0 Å². The lowest BCUT2D eigenvalue weighted by Gasteiger charge is -2.08. The molecule has 0 fully saturated rings. The summed E-state index contributed by atoms with van der Waals surface area (Å²) in [7, 11) is -1.54. The minimum Gasteiger partial charge on any atom is -0.434 e. The molecule has 5 rings (SSSR count). The van der Waals surface area contributed by atoms with Crippen molar-refractivity contribution in [3.63, 3.8) is 0 Å². The molecule has 5 aromatic rings. The molecule has 0 aliphatic rings. The van der Waals surface area contributed by atoms with Crippen LogP contribution >= 0.6 is 0 Å². The Morgan fingerprint density at radius 1 is 1.03 bits per heavy atom. The third-order valence-electron chi connectivity index (χ3n) is 4.40. The molecule has 0 aliphatic carbocycles. The van der Waals surface area contributed by atoms with Gasteiger partial charge in [-0.25, -0.2) is 18.6 Å². The highest BCUT2D eigenvalue weighted by Crippen LogP contribution is 2.28. The van der Waals surface area contributed by atoms with Crippen LogP contribution in [-0.4, -0.2) is 24.1 Å². The first kappa shape index (κ1) is 18.2. The Balaban J connectivity index is 1.42. The number of rotatable bonds is 5. The minimum atomic E-state index is -1.54. The molecule has 2 N–H and O–H groups in total. The number of hydrogen-bond donors (Lipinski definition) is 2. The third-order valence-corrected chi connectivity index (χ3v) is 5.52. The second kappa shape index (κ2) is 7.53. The lowest BCUT2D eigenvalue weighted by atomic mass is 10.1. The molecule has 3 heterocycles. The molecule has 1 unspecified atom stereocenters. The lowest BCUT2D eigenvalue weighted by Crippen LogP contribution is -2.05. The maximum absolute atomic E-state index is 13.1. The number of pyridine rings is 1. The molecule has 0 aliphatic heterocycles. The summed E-state index contributed by atoms with van der Waals surface area (Å²) >= 11 is 0. The molecule has 0 saturated carbocycles. The summed E-state index contributed by atoms with van der Waals surface area (Å²) in [6, 6.07) is 13.0. The number of fused-ring (bicyclic) bond motifs is 1. The second-order valence-corrected chi connectivity index (χ2v) is 7.64. The number of aromatic amines is 1. The van der Waals surface area contributed by atoms with Crippen LogP contribution in [0.25, 0.3) is 33.9 Å². The number of nitrogens with one attached hydrogen (secondary N) is 2.